The maximum Gasteiger partial charge on any atom is 0.227 e. The van der Waals surface area contributed by atoms with Crippen LogP contribution in [0.5, 0.6) is 11.6 Å². The molecular formula is C16H21N3O. The molecule has 2 rings (SSSR count). The van der Waals surface area contributed by atoms with Crippen LogP contribution in [-0.2, 0) is 0 Å². The van der Waals surface area contributed by atoms with Crippen molar-refractivity contribution in [2.75, 3.05) is 5.73 Å². The largest absolute Gasteiger partial charge is 0.439 e. The van der Waals surface area contributed by atoms with E-state index in [4.69, 9.17) is 10.5 Å². The van der Waals surface area contributed by atoms with Crippen molar-refractivity contribution in [2.24, 2.45) is 0 Å². The lowest BCUT2D eigenvalue weighted by molar-refractivity contribution is 0.453. The van der Waals surface area contributed by atoms with E-state index in [1.165, 1.54) is 11.1 Å². The molecule has 0 amide bonds. The summed E-state index contributed by atoms with van der Waals surface area (Å²) >= 11 is 0. The van der Waals surface area contributed by atoms with Gasteiger partial charge in [-0.15, -0.1) is 0 Å². The highest BCUT2D eigenvalue weighted by molar-refractivity contribution is 5.46. The molecule has 0 saturated heterocycles. The Morgan fingerprint density at radius 2 is 1.75 bits per heavy atom. The third kappa shape index (κ3) is 2.90. The molecule has 0 radical (unpaired) electrons. The molecule has 1 aromatic heterocycles. The SMILES string of the molecule is Cc1ccc(Oc2nc(C(C)C)nc(N)c2C)cc1C. The molecule has 2 aromatic rings. The van der Waals surface area contributed by atoms with Crippen LogP contribution in [0.15, 0.2) is 18.2 Å². The molecule has 2 N–H and O–H groups in total. The highest BCUT2D eigenvalue weighted by Gasteiger charge is 2.13. The van der Waals surface area contributed by atoms with Gasteiger partial charge in [0.15, 0.2) is 0 Å². The van der Waals surface area contributed by atoms with Crippen molar-refractivity contribution in [3.05, 3.63) is 40.7 Å². The number of anilines is 1. The van der Waals surface area contributed by atoms with Crippen LogP contribution in [0.1, 0.15) is 42.3 Å². The third-order valence-corrected chi connectivity index (χ3v) is 3.37. The molecule has 0 unspecified atom stereocenters. The zero-order chi connectivity index (χ0) is 14.9. The Labute approximate surface area is 120 Å². The molecule has 20 heavy (non-hydrogen) atoms. The van der Waals surface area contributed by atoms with Crippen molar-refractivity contribution in [2.45, 2.75) is 40.5 Å². The summed E-state index contributed by atoms with van der Waals surface area (Å²) in [5.74, 6) is 2.68. The van der Waals surface area contributed by atoms with E-state index in [0.717, 1.165) is 11.3 Å². The topological polar surface area (TPSA) is 61.0 Å². The molecule has 0 spiro atoms. The molecule has 106 valence electrons. The molecule has 0 aliphatic heterocycles. The fourth-order valence-electron chi connectivity index (χ4n) is 1.78. The molecule has 0 aliphatic carbocycles. The second-order valence-electron chi connectivity index (χ2n) is 5.40. The Hall–Kier alpha value is -2.10. The van der Waals surface area contributed by atoms with Crippen LogP contribution < -0.4 is 10.5 Å². The van der Waals surface area contributed by atoms with Gasteiger partial charge < -0.3 is 10.5 Å². The number of aryl methyl sites for hydroxylation is 2. The predicted molar refractivity (Wildman–Crippen MR) is 81.3 cm³/mol. The number of aromatic nitrogens is 2. The van der Waals surface area contributed by atoms with E-state index in [9.17, 15) is 0 Å². The number of nitrogen functional groups attached to an aromatic ring is 1. The van der Waals surface area contributed by atoms with Gasteiger partial charge in [-0.3, -0.25) is 0 Å². The average molecular weight is 271 g/mol. The first-order valence-electron chi connectivity index (χ1n) is 6.77. The number of rotatable bonds is 3. The number of hydrogen-bond donors (Lipinski definition) is 1. The molecule has 0 aliphatic rings. The summed E-state index contributed by atoms with van der Waals surface area (Å²) in [4.78, 5) is 8.76. The van der Waals surface area contributed by atoms with Crippen LogP contribution >= 0.6 is 0 Å². The van der Waals surface area contributed by atoms with Crippen LogP contribution in [-0.4, -0.2) is 9.97 Å². The zero-order valence-corrected chi connectivity index (χ0v) is 12.7. The number of ether oxygens (including phenoxy) is 1. The predicted octanol–water partition coefficient (Wildman–Crippen LogP) is 3.90. The summed E-state index contributed by atoms with van der Waals surface area (Å²) in [5.41, 5.74) is 9.13. The smallest absolute Gasteiger partial charge is 0.227 e. The Bertz CT molecular complexity index is 636. The highest BCUT2D eigenvalue weighted by atomic mass is 16.5. The first kappa shape index (κ1) is 14.3. The minimum absolute atomic E-state index is 0.208. The molecule has 0 saturated carbocycles. The molecule has 0 bridgehead atoms. The van der Waals surface area contributed by atoms with Gasteiger partial charge in [-0.2, -0.15) is 4.98 Å². The lowest BCUT2D eigenvalue weighted by Crippen LogP contribution is -2.06. The van der Waals surface area contributed by atoms with Crippen LogP contribution in [0.2, 0.25) is 0 Å². The van der Waals surface area contributed by atoms with Crippen molar-refractivity contribution in [1.29, 1.82) is 0 Å². The standard InChI is InChI=1S/C16H21N3O/c1-9(2)15-18-14(17)12(5)16(19-15)20-13-7-6-10(3)11(4)8-13/h6-9H,1-5H3,(H2,17,18,19). The quantitative estimate of drug-likeness (QED) is 0.919. The minimum Gasteiger partial charge on any atom is -0.439 e. The molecule has 0 fully saturated rings. The lowest BCUT2D eigenvalue weighted by Gasteiger charge is -2.13. The van der Waals surface area contributed by atoms with E-state index in [1.807, 2.05) is 39.0 Å². The first-order valence-corrected chi connectivity index (χ1v) is 6.77. The van der Waals surface area contributed by atoms with Gasteiger partial charge in [0.05, 0.1) is 5.56 Å². The number of nitrogens with zero attached hydrogens (tertiary/aromatic N) is 2. The van der Waals surface area contributed by atoms with E-state index in [0.29, 0.717) is 17.5 Å². The van der Waals surface area contributed by atoms with Crippen LogP contribution in [0, 0.1) is 20.8 Å². The van der Waals surface area contributed by atoms with E-state index in [1.54, 1.807) is 0 Å². The van der Waals surface area contributed by atoms with Gasteiger partial charge in [0.25, 0.3) is 0 Å². The summed E-state index contributed by atoms with van der Waals surface area (Å²) in [5, 5.41) is 0. The van der Waals surface area contributed by atoms with Gasteiger partial charge >= 0.3 is 0 Å². The van der Waals surface area contributed by atoms with E-state index >= 15 is 0 Å². The Kier molecular flexibility index (Phi) is 3.93. The van der Waals surface area contributed by atoms with Crippen molar-refractivity contribution in [1.82, 2.24) is 9.97 Å². The monoisotopic (exact) mass is 271 g/mol. The lowest BCUT2D eigenvalue weighted by atomic mass is 10.1. The molecule has 4 nitrogen and oxygen atoms in total. The van der Waals surface area contributed by atoms with Crippen molar-refractivity contribution < 1.29 is 4.74 Å². The number of hydrogen-bond acceptors (Lipinski definition) is 4. The van der Waals surface area contributed by atoms with Gasteiger partial charge in [-0.05, 0) is 44.0 Å². The summed E-state index contributed by atoms with van der Waals surface area (Å²) in [6.45, 7) is 10.1. The molecule has 4 heteroatoms. The van der Waals surface area contributed by atoms with Gasteiger partial charge in [0.1, 0.15) is 17.4 Å². The summed E-state index contributed by atoms with van der Waals surface area (Å²) in [7, 11) is 0. The number of nitrogens with two attached hydrogens (primary N) is 1. The maximum absolute atomic E-state index is 5.94. The molecule has 1 heterocycles. The van der Waals surface area contributed by atoms with Crippen molar-refractivity contribution >= 4 is 5.82 Å². The highest BCUT2D eigenvalue weighted by Crippen LogP contribution is 2.28. The van der Waals surface area contributed by atoms with Crippen LogP contribution in [0.3, 0.4) is 0 Å². The molecule has 0 atom stereocenters. The fourth-order valence-corrected chi connectivity index (χ4v) is 1.78. The van der Waals surface area contributed by atoms with Crippen molar-refractivity contribution in [3.8, 4) is 11.6 Å². The van der Waals surface area contributed by atoms with Gasteiger partial charge in [0, 0.05) is 5.92 Å². The second kappa shape index (κ2) is 5.49. The molecule has 1 aromatic carbocycles. The summed E-state index contributed by atoms with van der Waals surface area (Å²) in [6.07, 6.45) is 0. The Morgan fingerprint density at radius 3 is 2.35 bits per heavy atom. The summed E-state index contributed by atoms with van der Waals surface area (Å²) in [6, 6.07) is 5.98. The second-order valence-corrected chi connectivity index (χ2v) is 5.40. The van der Waals surface area contributed by atoms with Gasteiger partial charge in [-0.25, -0.2) is 4.98 Å². The average Bonchev–Trinajstić information content (AvgIpc) is 2.38. The summed E-state index contributed by atoms with van der Waals surface area (Å²) < 4.78 is 5.89. The minimum atomic E-state index is 0.208. The van der Waals surface area contributed by atoms with Crippen LogP contribution in [0.4, 0.5) is 5.82 Å². The van der Waals surface area contributed by atoms with Gasteiger partial charge in [0.2, 0.25) is 5.88 Å². The zero-order valence-electron chi connectivity index (χ0n) is 12.7. The van der Waals surface area contributed by atoms with E-state index < -0.39 is 0 Å². The molecular weight excluding hydrogens is 250 g/mol. The maximum atomic E-state index is 5.94. The van der Waals surface area contributed by atoms with E-state index in [-0.39, 0.29) is 5.92 Å². The van der Waals surface area contributed by atoms with Crippen molar-refractivity contribution in [3.63, 3.8) is 0 Å². The first-order chi connectivity index (χ1) is 9.38. The van der Waals surface area contributed by atoms with Crippen LogP contribution in [0.25, 0.3) is 0 Å². The van der Waals surface area contributed by atoms with E-state index in [2.05, 4.69) is 23.8 Å². The normalized spacial score (nSPS) is 10.9. The number of benzene rings is 1. The fraction of sp³-hybridized carbons (Fsp3) is 0.375. The van der Waals surface area contributed by atoms with Gasteiger partial charge in [-0.1, -0.05) is 19.9 Å². The Balaban J connectivity index is 2.39. The Morgan fingerprint density at radius 1 is 1.05 bits per heavy atom. The third-order valence-electron chi connectivity index (χ3n) is 3.37.